The maximum atomic E-state index is 13.2. The van der Waals surface area contributed by atoms with Crippen LogP contribution in [0.4, 0.5) is 5.69 Å². The van der Waals surface area contributed by atoms with Crippen LogP contribution < -0.4 is 4.90 Å². The van der Waals surface area contributed by atoms with Crippen LogP contribution in [-0.2, 0) is 4.79 Å². The number of carbonyl (C=O) groups excluding carboxylic acids is 1. The second-order valence-corrected chi connectivity index (χ2v) is 7.62. The first-order chi connectivity index (χ1) is 11.8. The Kier molecular flexibility index (Phi) is 6.42. The van der Waals surface area contributed by atoms with Gasteiger partial charge in [-0.05, 0) is 44.9 Å². The zero-order valence-corrected chi connectivity index (χ0v) is 16.5. The molecule has 1 aromatic carbocycles. The van der Waals surface area contributed by atoms with Crippen molar-refractivity contribution in [3.05, 3.63) is 28.8 Å². The van der Waals surface area contributed by atoms with Gasteiger partial charge in [-0.15, -0.1) is 0 Å². The topological polar surface area (TPSA) is 47.3 Å². The highest BCUT2D eigenvalue weighted by Gasteiger charge is 2.39. The standard InChI is InChI=1S/C19H24ClN3OS/c1-19(2,23(13-25)15-7-5-4-6-8-15)18(24)22(3)16-10-9-14(12-21)17(20)11-16/h9-11,13,15H,4-8H2,1-3H3. The number of amides is 1. The number of likely N-dealkylation sites (N-methyl/N-ethyl adjacent to an activating group) is 1. The first-order valence-electron chi connectivity index (χ1n) is 8.54. The van der Waals surface area contributed by atoms with Crippen molar-refractivity contribution in [2.45, 2.75) is 57.5 Å². The first-order valence-corrected chi connectivity index (χ1v) is 9.39. The van der Waals surface area contributed by atoms with Crippen LogP contribution in [0, 0.1) is 11.3 Å². The van der Waals surface area contributed by atoms with E-state index in [1.807, 2.05) is 24.8 Å². The smallest absolute Gasteiger partial charge is 0.252 e. The van der Waals surface area contributed by atoms with Crippen molar-refractivity contribution in [2.24, 2.45) is 0 Å². The van der Waals surface area contributed by atoms with Crippen molar-refractivity contribution >= 4 is 40.9 Å². The predicted molar refractivity (Wildman–Crippen MR) is 106 cm³/mol. The van der Waals surface area contributed by atoms with Crippen molar-refractivity contribution < 1.29 is 4.79 Å². The van der Waals surface area contributed by atoms with Gasteiger partial charge < -0.3 is 9.80 Å². The van der Waals surface area contributed by atoms with E-state index in [0.717, 1.165) is 12.8 Å². The molecule has 134 valence electrons. The summed E-state index contributed by atoms with van der Waals surface area (Å²) in [6.45, 7) is 3.82. The van der Waals surface area contributed by atoms with E-state index in [0.29, 0.717) is 22.3 Å². The van der Waals surface area contributed by atoms with E-state index >= 15 is 0 Å². The third-order valence-corrected chi connectivity index (χ3v) is 5.56. The molecule has 1 aromatic rings. The molecular formula is C19H24ClN3OS. The van der Waals surface area contributed by atoms with Gasteiger partial charge >= 0.3 is 0 Å². The summed E-state index contributed by atoms with van der Waals surface area (Å²) in [6, 6.07) is 7.35. The number of anilines is 1. The fraction of sp³-hybridized carbons (Fsp3) is 0.526. The summed E-state index contributed by atoms with van der Waals surface area (Å²) in [5, 5.41) is 9.34. The highest BCUT2D eigenvalue weighted by molar-refractivity contribution is 7.78. The lowest BCUT2D eigenvalue weighted by atomic mass is 9.90. The Morgan fingerprint density at radius 2 is 2.00 bits per heavy atom. The Bertz CT molecular complexity index is 692. The maximum Gasteiger partial charge on any atom is 0.252 e. The molecule has 0 aromatic heterocycles. The molecule has 25 heavy (non-hydrogen) atoms. The van der Waals surface area contributed by atoms with Gasteiger partial charge in [0.05, 0.1) is 16.1 Å². The van der Waals surface area contributed by atoms with Gasteiger partial charge in [-0.25, -0.2) is 0 Å². The molecule has 0 aliphatic heterocycles. The fourth-order valence-electron chi connectivity index (χ4n) is 3.47. The van der Waals surface area contributed by atoms with E-state index in [4.69, 9.17) is 29.1 Å². The highest BCUT2D eigenvalue weighted by atomic mass is 35.5. The van der Waals surface area contributed by atoms with E-state index in [2.05, 4.69) is 0 Å². The second kappa shape index (κ2) is 8.16. The molecule has 1 saturated carbocycles. The summed E-state index contributed by atoms with van der Waals surface area (Å²) < 4.78 is 0. The normalized spacial score (nSPS) is 15.3. The van der Waals surface area contributed by atoms with Crippen LogP contribution in [0.5, 0.6) is 0 Å². The summed E-state index contributed by atoms with van der Waals surface area (Å²) in [6.07, 6.45) is 5.73. The van der Waals surface area contributed by atoms with Crippen molar-refractivity contribution in [1.29, 1.82) is 5.26 Å². The van der Waals surface area contributed by atoms with Gasteiger partial charge in [0.2, 0.25) is 0 Å². The van der Waals surface area contributed by atoms with E-state index in [9.17, 15) is 4.79 Å². The first kappa shape index (κ1) is 19.7. The molecule has 0 unspecified atom stereocenters. The number of hydrogen-bond acceptors (Lipinski definition) is 3. The number of halogens is 1. The van der Waals surface area contributed by atoms with Crippen LogP contribution in [0.25, 0.3) is 0 Å². The third kappa shape index (κ3) is 4.13. The van der Waals surface area contributed by atoms with Crippen LogP contribution in [-0.4, -0.2) is 34.9 Å². The van der Waals surface area contributed by atoms with Gasteiger partial charge in [0.1, 0.15) is 11.6 Å². The zero-order chi connectivity index (χ0) is 18.6. The molecular weight excluding hydrogens is 354 g/mol. The molecule has 0 radical (unpaired) electrons. The number of benzene rings is 1. The van der Waals surface area contributed by atoms with Gasteiger partial charge in [-0.1, -0.05) is 43.1 Å². The van der Waals surface area contributed by atoms with Gasteiger partial charge in [-0.2, -0.15) is 5.26 Å². The highest BCUT2D eigenvalue weighted by Crippen LogP contribution is 2.30. The van der Waals surface area contributed by atoms with Crippen molar-refractivity contribution in [2.75, 3.05) is 11.9 Å². The minimum atomic E-state index is -0.751. The quantitative estimate of drug-likeness (QED) is 0.706. The number of thiocarbonyl (C=S) groups is 1. The summed E-state index contributed by atoms with van der Waals surface area (Å²) in [7, 11) is 1.73. The Labute approximate surface area is 160 Å². The molecule has 1 fully saturated rings. The Balaban J connectivity index is 2.25. The number of nitriles is 1. The van der Waals surface area contributed by atoms with Crippen molar-refractivity contribution in [1.82, 2.24) is 4.90 Å². The Morgan fingerprint density at radius 3 is 2.52 bits per heavy atom. The molecule has 0 heterocycles. The summed E-state index contributed by atoms with van der Waals surface area (Å²) in [5.74, 6) is -0.0556. The molecule has 1 amide bonds. The van der Waals surface area contributed by atoms with Gasteiger partial charge in [0, 0.05) is 18.8 Å². The van der Waals surface area contributed by atoms with Crippen LogP contribution in [0.1, 0.15) is 51.5 Å². The zero-order valence-electron chi connectivity index (χ0n) is 15.0. The van der Waals surface area contributed by atoms with E-state index < -0.39 is 5.54 Å². The van der Waals surface area contributed by atoms with Crippen LogP contribution in [0.3, 0.4) is 0 Å². The molecule has 0 bridgehead atoms. The lowest BCUT2D eigenvalue weighted by Crippen LogP contribution is -2.58. The van der Waals surface area contributed by atoms with E-state index in [-0.39, 0.29) is 5.91 Å². The van der Waals surface area contributed by atoms with Crippen molar-refractivity contribution in [3.8, 4) is 6.07 Å². The SMILES string of the molecule is CN(C(=O)C(C)(C)N(C=S)C1CCCCC1)c1ccc(C#N)c(Cl)c1. The van der Waals surface area contributed by atoms with E-state index in [1.54, 1.807) is 35.6 Å². The lowest BCUT2D eigenvalue weighted by molar-refractivity contribution is -0.127. The van der Waals surface area contributed by atoms with Gasteiger partial charge in [0.25, 0.3) is 5.91 Å². The third-order valence-electron chi connectivity index (χ3n) is 5.02. The largest absolute Gasteiger partial charge is 0.352 e. The number of nitrogens with zero attached hydrogens (tertiary/aromatic N) is 3. The molecule has 0 saturated heterocycles. The Hall–Kier alpha value is -1.64. The minimum Gasteiger partial charge on any atom is -0.352 e. The molecule has 0 N–H and O–H groups in total. The fourth-order valence-corrected chi connectivity index (χ4v) is 4.13. The summed E-state index contributed by atoms with van der Waals surface area (Å²) in [4.78, 5) is 16.8. The minimum absolute atomic E-state index is 0.0556. The van der Waals surface area contributed by atoms with E-state index in [1.165, 1.54) is 19.3 Å². The average Bonchev–Trinajstić information content (AvgIpc) is 2.61. The predicted octanol–water partition coefficient (Wildman–Crippen LogP) is 4.54. The molecule has 2 rings (SSSR count). The number of hydrogen-bond donors (Lipinski definition) is 0. The average molecular weight is 378 g/mol. The maximum absolute atomic E-state index is 13.2. The molecule has 0 atom stereocenters. The second-order valence-electron chi connectivity index (χ2n) is 7.00. The summed E-state index contributed by atoms with van der Waals surface area (Å²) >= 11 is 11.4. The van der Waals surface area contributed by atoms with Gasteiger partial charge in [-0.3, -0.25) is 4.79 Å². The van der Waals surface area contributed by atoms with Crippen LogP contribution >= 0.6 is 23.8 Å². The molecule has 0 spiro atoms. The summed E-state index contributed by atoms with van der Waals surface area (Å²) in [5.41, 5.74) is 1.94. The van der Waals surface area contributed by atoms with Crippen LogP contribution in [0.2, 0.25) is 5.02 Å². The molecule has 6 heteroatoms. The Morgan fingerprint density at radius 1 is 1.36 bits per heavy atom. The van der Waals surface area contributed by atoms with Crippen molar-refractivity contribution in [3.63, 3.8) is 0 Å². The van der Waals surface area contributed by atoms with Gasteiger partial charge in [0.15, 0.2) is 0 Å². The number of carbonyl (C=O) groups is 1. The monoisotopic (exact) mass is 377 g/mol. The lowest BCUT2D eigenvalue weighted by Gasteiger charge is -2.44. The van der Waals surface area contributed by atoms with Crippen LogP contribution in [0.15, 0.2) is 18.2 Å². The molecule has 1 aliphatic carbocycles. The molecule has 1 aliphatic rings. The number of rotatable bonds is 5. The molecule has 4 nitrogen and oxygen atoms in total.